The van der Waals surface area contributed by atoms with E-state index < -0.39 is 18.3 Å². The first-order chi connectivity index (χ1) is 14.7. The maximum absolute atomic E-state index is 14.3. The molecule has 3 rings (SSSR count). The minimum atomic E-state index is -0.548. The van der Waals surface area contributed by atoms with Crippen LogP contribution in [0.4, 0.5) is 4.39 Å². The Hall–Kier alpha value is -1.34. The summed E-state index contributed by atoms with van der Waals surface area (Å²) in [6.45, 7) is -0.581. The Kier molecular flexibility index (Phi) is 8.25. The molecule has 0 atom stereocenters. The summed E-state index contributed by atoms with van der Waals surface area (Å²) in [7, 11) is 0. The summed E-state index contributed by atoms with van der Waals surface area (Å²) in [5.74, 6) is -0.689. The highest BCUT2D eigenvalue weighted by Crippen LogP contribution is 2.48. The minimum absolute atomic E-state index is 0.0364. The topological polar surface area (TPSA) is 42.7 Å². The second-order valence-electron chi connectivity index (χ2n) is 6.22. The average molecular weight is 546 g/mol. The molecule has 3 aromatic rings. The lowest BCUT2D eigenvalue weighted by Crippen LogP contribution is -2.34. The van der Waals surface area contributed by atoms with Gasteiger partial charge >= 0.3 is 0 Å². The SMILES string of the molecule is O=C(COc1c(Cl)c(Cl)c(Cl)c(Cl)c1Cl)N(Cc1ccco1)Cc1c(F)cccc1Cl. The Bertz CT molecular complexity index is 1060. The fourth-order valence-corrected chi connectivity index (χ4v) is 4.09. The third-order valence-electron chi connectivity index (χ3n) is 4.20. The van der Waals surface area contributed by atoms with Gasteiger partial charge in [-0.3, -0.25) is 4.79 Å². The molecule has 0 N–H and O–H groups in total. The summed E-state index contributed by atoms with van der Waals surface area (Å²) in [6.07, 6.45) is 1.46. The zero-order valence-corrected chi connectivity index (χ0v) is 19.9. The highest BCUT2D eigenvalue weighted by atomic mass is 35.5. The van der Waals surface area contributed by atoms with Crippen LogP contribution >= 0.6 is 69.6 Å². The monoisotopic (exact) mass is 543 g/mol. The average Bonchev–Trinajstić information content (AvgIpc) is 3.25. The quantitative estimate of drug-likeness (QED) is 0.223. The van der Waals surface area contributed by atoms with Gasteiger partial charge in [-0.25, -0.2) is 4.39 Å². The Morgan fingerprint density at radius 1 is 0.903 bits per heavy atom. The number of carbonyl (C=O) groups excluding carboxylic acids is 1. The Labute approximate surface area is 207 Å². The number of ether oxygens (including phenoxy) is 1. The van der Waals surface area contributed by atoms with E-state index in [4.69, 9.17) is 78.8 Å². The summed E-state index contributed by atoms with van der Waals surface area (Å²) in [4.78, 5) is 14.3. The zero-order valence-electron chi connectivity index (χ0n) is 15.4. The highest BCUT2D eigenvalue weighted by Gasteiger charge is 2.24. The van der Waals surface area contributed by atoms with Crippen molar-refractivity contribution in [2.24, 2.45) is 0 Å². The number of furan rings is 1. The molecular formula is C20H12Cl6FNO3. The summed E-state index contributed by atoms with van der Waals surface area (Å²) < 4.78 is 25.1. The Balaban J connectivity index is 1.84. The van der Waals surface area contributed by atoms with Gasteiger partial charge in [-0.2, -0.15) is 0 Å². The number of hydrogen-bond acceptors (Lipinski definition) is 3. The van der Waals surface area contributed by atoms with Crippen LogP contribution in [-0.2, 0) is 17.9 Å². The summed E-state index contributed by atoms with van der Waals surface area (Å²) in [5.41, 5.74) is 0.151. The first kappa shape index (κ1) is 24.3. The van der Waals surface area contributed by atoms with Gasteiger partial charge < -0.3 is 14.1 Å². The molecule has 2 aromatic carbocycles. The molecule has 1 heterocycles. The van der Waals surface area contributed by atoms with E-state index in [1.54, 1.807) is 12.1 Å². The van der Waals surface area contributed by atoms with Gasteiger partial charge in [-0.05, 0) is 24.3 Å². The molecule has 0 saturated carbocycles. The molecule has 0 radical (unpaired) electrons. The maximum Gasteiger partial charge on any atom is 0.261 e. The van der Waals surface area contributed by atoms with E-state index in [1.165, 1.54) is 29.4 Å². The number of carbonyl (C=O) groups is 1. The van der Waals surface area contributed by atoms with Crippen molar-refractivity contribution < 1.29 is 18.3 Å². The molecule has 11 heteroatoms. The normalized spacial score (nSPS) is 10.9. The first-order valence-corrected chi connectivity index (χ1v) is 10.8. The first-order valence-electron chi connectivity index (χ1n) is 8.58. The number of benzene rings is 2. The summed E-state index contributed by atoms with van der Waals surface area (Å²) in [6, 6.07) is 7.60. The van der Waals surface area contributed by atoms with Crippen molar-refractivity contribution in [2.45, 2.75) is 13.1 Å². The fourth-order valence-electron chi connectivity index (χ4n) is 2.63. The van der Waals surface area contributed by atoms with Crippen LogP contribution in [0, 0.1) is 5.82 Å². The van der Waals surface area contributed by atoms with Crippen molar-refractivity contribution >= 4 is 75.5 Å². The molecule has 164 valence electrons. The van der Waals surface area contributed by atoms with E-state index in [9.17, 15) is 9.18 Å². The van der Waals surface area contributed by atoms with Gasteiger partial charge in [0.25, 0.3) is 5.91 Å². The van der Waals surface area contributed by atoms with Crippen LogP contribution in [0.2, 0.25) is 30.1 Å². The van der Waals surface area contributed by atoms with Crippen molar-refractivity contribution in [1.29, 1.82) is 0 Å². The molecule has 0 unspecified atom stereocenters. The van der Waals surface area contributed by atoms with Crippen LogP contribution in [0.25, 0.3) is 0 Å². The van der Waals surface area contributed by atoms with Crippen LogP contribution in [0.1, 0.15) is 11.3 Å². The van der Waals surface area contributed by atoms with Crippen molar-refractivity contribution in [3.8, 4) is 5.75 Å². The van der Waals surface area contributed by atoms with E-state index in [0.717, 1.165) is 0 Å². The smallest absolute Gasteiger partial charge is 0.261 e. The number of nitrogens with zero attached hydrogens (tertiary/aromatic N) is 1. The lowest BCUT2D eigenvalue weighted by molar-refractivity contribution is -0.134. The highest BCUT2D eigenvalue weighted by molar-refractivity contribution is 6.55. The van der Waals surface area contributed by atoms with Gasteiger partial charge in [0.1, 0.15) is 21.6 Å². The molecule has 0 aliphatic rings. The Morgan fingerprint density at radius 2 is 1.55 bits per heavy atom. The van der Waals surface area contributed by atoms with Gasteiger partial charge in [0.2, 0.25) is 0 Å². The lowest BCUT2D eigenvalue weighted by atomic mass is 10.2. The molecule has 0 bridgehead atoms. The van der Waals surface area contributed by atoms with Crippen LogP contribution in [0.3, 0.4) is 0 Å². The number of rotatable bonds is 7. The van der Waals surface area contributed by atoms with Crippen molar-refractivity contribution in [2.75, 3.05) is 6.61 Å². The van der Waals surface area contributed by atoms with Crippen molar-refractivity contribution in [1.82, 2.24) is 4.90 Å². The summed E-state index contributed by atoms with van der Waals surface area (Å²) in [5, 5.41) is -0.171. The third kappa shape index (κ3) is 5.54. The standard InChI is InChI=1S/C20H12Cl6FNO3/c21-12-4-1-5-13(27)11(12)8-28(7-10-3-2-6-30-10)14(29)9-31-20-18(25)16(23)15(22)17(24)19(20)26/h1-6H,7-9H2. The third-order valence-corrected chi connectivity index (χ3v) is 6.80. The van der Waals surface area contributed by atoms with Gasteiger partial charge in [-0.15, -0.1) is 0 Å². The Morgan fingerprint density at radius 3 is 2.13 bits per heavy atom. The van der Waals surface area contributed by atoms with Crippen LogP contribution in [0.15, 0.2) is 41.0 Å². The van der Waals surface area contributed by atoms with Crippen LogP contribution in [-0.4, -0.2) is 17.4 Å². The molecule has 0 spiro atoms. The molecule has 1 aromatic heterocycles. The van der Waals surface area contributed by atoms with Gasteiger partial charge in [0, 0.05) is 10.6 Å². The fraction of sp³-hybridized carbons (Fsp3) is 0.150. The van der Waals surface area contributed by atoms with Crippen molar-refractivity contribution in [3.63, 3.8) is 0 Å². The molecule has 0 aliphatic heterocycles. The maximum atomic E-state index is 14.3. The van der Waals surface area contributed by atoms with E-state index in [2.05, 4.69) is 0 Å². The molecular weight excluding hydrogens is 534 g/mol. The number of hydrogen-bond donors (Lipinski definition) is 0. The van der Waals surface area contributed by atoms with E-state index in [0.29, 0.717) is 5.76 Å². The van der Waals surface area contributed by atoms with Crippen LogP contribution < -0.4 is 4.74 Å². The second-order valence-corrected chi connectivity index (χ2v) is 8.51. The van der Waals surface area contributed by atoms with Gasteiger partial charge in [-0.1, -0.05) is 75.7 Å². The molecule has 0 fully saturated rings. The molecule has 0 saturated heterocycles. The zero-order chi connectivity index (χ0) is 22.7. The lowest BCUT2D eigenvalue weighted by Gasteiger charge is -2.23. The van der Waals surface area contributed by atoms with E-state index in [1.807, 2.05) is 0 Å². The van der Waals surface area contributed by atoms with Gasteiger partial charge in [0.15, 0.2) is 12.4 Å². The van der Waals surface area contributed by atoms with E-state index >= 15 is 0 Å². The molecule has 31 heavy (non-hydrogen) atoms. The predicted molar refractivity (Wildman–Crippen MR) is 121 cm³/mol. The predicted octanol–water partition coefficient (Wildman–Crippen LogP) is 7.95. The number of halogens is 7. The second kappa shape index (κ2) is 10.5. The van der Waals surface area contributed by atoms with Gasteiger partial charge in [0.05, 0.1) is 34.4 Å². The molecule has 1 amide bonds. The largest absolute Gasteiger partial charge is 0.481 e. The number of amides is 1. The molecule has 4 nitrogen and oxygen atoms in total. The van der Waals surface area contributed by atoms with E-state index in [-0.39, 0.29) is 54.5 Å². The molecule has 0 aliphatic carbocycles. The minimum Gasteiger partial charge on any atom is -0.481 e. The van der Waals surface area contributed by atoms with Crippen molar-refractivity contribution in [3.05, 3.63) is 83.9 Å². The summed E-state index contributed by atoms with van der Waals surface area (Å²) >= 11 is 36.4. The van der Waals surface area contributed by atoms with Crippen LogP contribution in [0.5, 0.6) is 5.75 Å².